The van der Waals surface area contributed by atoms with E-state index < -0.39 is 12.0 Å². The standard InChI is InChI=1S/C4H8NO3.Tl/c1-8-4(7)3(5)2-6;/h3,5-6H,2H2,1H3;/q-1;+1. The minimum absolute atomic E-state index is 0.191. The molecule has 0 heterocycles. The normalized spacial score (nSPS) is 12.6. The van der Waals surface area contributed by atoms with Crippen LogP contribution in [0.5, 0.6) is 0 Å². The summed E-state index contributed by atoms with van der Waals surface area (Å²) in [6, 6.07) is -0.514. The third-order valence-electron chi connectivity index (χ3n) is 0.869. The summed E-state index contributed by atoms with van der Waals surface area (Å²) >= 11 is 0.492. The van der Waals surface area contributed by atoms with Gasteiger partial charge in [-0.2, -0.15) is 0 Å². The third kappa shape index (κ3) is 3.11. The Kier molecular flexibility index (Phi) is 5.30. The molecule has 0 radical (unpaired) electrons. The van der Waals surface area contributed by atoms with E-state index in [0.717, 1.165) is 0 Å². The van der Waals surface area contributed by atoms with Crippen LogP contribution in [0.2, 0.25) is 0 Å². The van der Waals surface area contributed by atoms with Gasteiger partial charge in [-0.05, 0) is 0 Å². The van der Waals surface area contributed by atoms with E-state index in [1.165, 1.54) is 7.11 Å². The van der Waals surface area contributed by atoms with E-state index in [2.05, 4.69) is 7.86 Å². The Morgan fingerprint density at radius 1 is 2.00 bits per heavy atom. The average Bonchev–Trinajstić information content (AvgIpc) is 1.90. The molecule has 0 spiro atoms. The Balaban J connectivity index is 3.64. The number of hydrogen-bond donors (Lipinski definition) is 2. The molecule has 1 unspecified atom stereocenters. The zero-order chi connectivity index (χ0) is 7.28. The molecule has 0 amide bonds. The van der Waals surface area contributed by atoms with E-state index in [4.69, 9.17) is 5.11 Å². The molecule has 1 atom stereocenters. The van der Waals surface area contributed by atoms with Gasteiger partial charge in [0.25, 0.3) is 0 Å². The SMILES string of the molecule is COC(=O)C(CO)[NH][Tl]. The van der Waals surface area contributed by atoms with Crippen molar-refractivity contribution >= 4 is 32.0 Å². The first-order chi connectivity index (χ1) is 4.26. The maximum atomic E-state index is 10.6. The van der Waals surface area contributed by atoms with Gasteiger partial charge in [-0.15, -0.1) is 0 Å². The molecule has 9 heavy (non-hydrogen) atoms. The molecule has 0 aliphatic heterocycles. The zero-order valence-corrected chi connectivity index (χ0v) is 9.61. The van der Waals surface area contributed by atoms with E-state index >= 15 is 0 Å². The summed E-state index contributed by atoms with van der Waals surface area (Å²) in [6.07, 6.45) is 0. The van der Waals surface area contributed by atoms with Crippen LogP contribution in [-0.4, -0.2) is 56.9 Å². The zero-order valence-electron chi connectivity index (χ0n) is 5.13. The first kappa shape index (κ1) is 9.31. The predicted octanol–water partition coefficient (Wildman–Crippen LogP) is -1.81. The number of hydrogen-bond acceptors (Lipinski definition) is 4. The molecule has 0 fully saturated rings. The number of carbonyl (C=O) groups excluding carboxylic acids is 1. The number of esters is 1. The summed E-state index contributed by atoms with van der Waals surface area (Å²) in [5, 5.41) is 8.49. The van der Waals surface area contributed by atoms with E-state index in [9.17, 15) is 4.79 Å². The molecule has 0 aromatic rings. The maximum absolute atomic E-state index is 10.6. The number of methoxy groups -OCH3 is 1. The monoisotopic (exact) mass is 323 g/mol. The van der Waals surface area contributed by atoms with Gasteiger partial charge in [-0.25, -0.2) is 0 Å². The number of aliphatic hydroxyl groups is 1. The summed E-state index contributed by atoms with van der Waals surface area (Å²) in [6.45, 7) is -0.191. The Morgan fingerprint density at radius 3 is 2.67 bits per heavy atom. The first-order valence-electron chi connectivity index (χ1n) is 2.41. The van der Waals surface area contributed by atoms with Crippen LogP contribution in [0.1, 0.15) is 0 Å². The predicted molar refractivity (Wildman–Crippen MR) is 31.8 cm³/mol. The molecular formula is C4H8NO3Tl. The van der Waals surface area contributed by atoms with Crippen molar-refractivity contribution in [3.05, 3.63) is 0 Å². The van der Waals surface area contributed by atoms with Gasteiger partial charge in [-0.1, -0.05) is 0 Å². The second-order valence-electron chi connectivity index (χ2n) is 1.42. The number of carbonyl (C=O) groups is 1. The average molecular weight is 322 g/mol. The van der Waals surface area contributed by atoms with Crippen molar-refractivity contribution in [2.45, 2.75) is 6.04 Å². The fourth-order valence-electron chi connectivity index (χ4n) is 0.338. The Morgan fingerprint density at radius 2 is 2.56 bits per heavy atom. The van der Waals surface area contributed by atoms with Crippen molar-refractivity contribution in [3.8, 4) is 0 Å². The summed E-state index contributed by atoms with van der Waals surface area (Å²) in [4.78, 5) is 10.6. The van der Waals surface area contributed by atoms with Crippen molar-refractivity contribution in [3.63, 3.8) is 0 Å². The number of rotatable bonds is 3. The van der Waals surface area contributed by atoms with Crippen LogP contribution >= 0.6 is 0 Å². The van der Waals surface area contributed by atoms with Crippen LogP contribution in [0.4, 0.5) is 0 Å². The summed E-state index contributed by atoms with van der Waals surface area (Å²) < 4.78 is 7.10. The summed E-state index contributed by atoms with van der Waals surface area (Å²) in [5.74, 6) is -0.403. The van der Waals surface area contributed by atoms with Gasteiger partial charge in [0.05, 0.1) is 0 Å². The van der Waals surface area contributed by atoms with Crippen molar-refractivity contribution in [2.75, 3.05) is 13.7 Å². The van der Waals surface area contributed by atoms with Crippen molar-refractivity contribution in [1.29, 1.82) is 0 Å². The molecule has 0 saturated heterocycles. The van der Waals surface area contributed by atoms with Gasteiger partial charge in [-0.3, -0.25) is 0 Å². The molecular weight excluding hydrogens is 314 g/mol. The van der Waals surface area contributed by atoms with Crippen molar-refractivity contribution < 1.29 is 14.6 Å². The van der Waals surface area contributed by atoms with E-state index in [0.29, 0.717) is 26.1 Å². The van der Waals surface area contributed by atoms with Gasteiger partial charge in [0, 0.05) is 0 Å². The Hall–Kier alpha value is 0.312. The topological polar surface area (TPSA) is 58.6 Å². The van der Waals surface area contributed by atoms with Crippen LogP contribution < -0.4 is 3.13 Å². The van der Waals surface area contributed by atoms with Crippen molar-refractivity contribution in [1.82, 2.24) is 3.13 Å². The van der Waals surface area contributed by atoms with Gasteiger partial charge in [0.15, 0.2) is 0 Å². The Bertz CT molecular complexity index is 93.8. The first-order valence-corrected chi connectivity index (χ1v) is 4.65. The van der Waals surface area contributed by atoms with Crippen molar-refractivity contribution in [2.24, 2.45) is 0 Å². The molecule has 0 saturated carbocycles. The van der Waals surface area contributed by atoms with Crippen LogP contribution in [0.15, 0.2) is 0 Å². The van der Waals surface area contributed by atoms with E-state index in [1.807, 2.05) is 0 Å². The number of nitrogens with one attached hydrogen (secondary N) is 1. The van der Waals surface area contributed by atoms with E-state index in [1.54, 1.807) is 0 Å². The fraction of sp³-hybridized carbons (Fsp3) is 0.750. The number of ether oxygens (including phenoxy) is 1. The number of aliphatic hydroxyl groups excluding tert-OH is 1. The molecule has 5 heteroatoms. The van der Waals surface area contributed by atoms with Gasteiger partial charge in [0.2, 0.25) is 0 Å². The van der Waals surface area contributed by atoms with Crippen LogP contribution in [0.3, 0.4) is 0 Å². The van der Waals surface area contributed by atoms with Crippen LogP contribution in [0, 0.1) is 0 Å². The molecule has 0 aromatic carbocycles. The quantitative estimate of drug-likeness (QED) is 0.475. The summed E-state index contributed by atoms with van der Waals surface area (Å²) in [5.41, 5.74) is 0. The Labute approximate surface area is 69.7 Å². The summed E-state index contributed by atoms with van der Waals surface area (Å²) in [7, 11) is 1.30. The van der Waals surface area contributed by atoms with Gasteiger partial charge in [0.1, 0.15) is 0 Å². The third-order valence-corrected chi connectivity index (χ3v) is 2.43. The molecule has 0 bridgehead atoms. The van der Waals surface area contributed by atoms with Crippen LogP contribution in [0.25, 0.3) is 0 Å². The second-order valence-corrected chi connectivity index (χ2v) is 2.72. The van der Waals surface area contributed by atoms with Gasteiger partial charge >= 0.3 is 69.6 Å². The molecule has 0 aliphatic carbocycles. The van der Waals surface area contributed by atoms with Gasteiger partial charge < -0.3 is 0 Å². The van der Waals surface area contributed by atoms with Crippen LogP contribution in [-0.2, 0) is 9.53 Å². The molecule has 0 aliphatic rings. The minimum atomic E-state index is -0.514. The molecule has 4 nitrogen and oxygen atoms in total. The molecule has 0 rings (SSSR count). The molecule has 50 valence electrons. The fourth-order valence-corrected chi connectivity index (χ4v) is 1.28. The van der Waals surface area contributed by atoms with E-state index in [-0.39, 0.29) is 6.61 Å². The molecule has 2 N–H and O–H groups in total. The second kappa shape index (κ2) is 5.13. The molecule has 0 aromatic heterocycles.